The maximum Gasteiger partial charge on any atom is 0.315 e. The molecular weight excluding hydrogens is 192 g/mol. The van der Waals surface area contributed by atoms with Gasteiger partial charge in [-0.2, -0.15) is 0 Å². The standard InChI is InChI=1S/C11H16N2O2/c1-5-8-6-9(13-7(2)12-8)11(3,4)10(14)15/h6H,5H2,1-4H3,(H,14,15). The maximum atomic E-state index is 11.1. The number of aliphatic carboxylic acids is 1. The van der Waals surface area contributed by atoms with Crippen molar-refractivity contribution in [3.63, 3.8) is 0 Å². The summed E-state index contributed by atoms with van der Waals surface area (Å²) in [5, 5.41) is 9.09. The van der Waals surface area contributed by atoms with Gasteiger partial charge in [-0.1, -0.05) is 6.92 Å². The highest BCUT2D eigenvalue weighted by atomic mass is 16.4. The molecule has 0 spiro atoms. The van der Waals surface area contributed by atoms with Gasteiger partial charge in [0.05, 0.1) is 5.69 Å². The first-order valence-corrected chi connectivity index (χ1v) is 4.96. The molecule has 0 aromatic carbocycles. The van der Waals surface area contributed by atoms with Gasteiger partial charge >= 0.3 is 5.97 Å². The first-order chi connectivity index (χ1) is 6.87. The lowest BCUT2D eigenvalue weighted by Gasteiger charge is -2.19. The lowest BCUT2D eigenvalue weighted by Crippen LogP contribution is -2.30. The van der Waals surface area contributed by atoms with Crippen LogP contribution in [0, 0.1) is 6.92 Å². The number of rotatable bonds is 3. The molecule has 0 bridgehead atoms. The zero-order chi connectivity index (χ0) is 11.6. The molecule has 0 fully saturated rings. The Morgan fingerprint density at radius 2 is 2.07 bits per heavy atom. The summed E-state index contributed by atoms with van der Waals surface area (Å²) < 4.78 is 0. The minimum absolute atomic E-state index is 0.569. The van der Waals surface area contributed by atoms with Crippen LogP contribution >= 0.6 is 0 Å². The first-order valence-electron chi connectivity index (χ1n) is 4.96. The van der Waals surface area contributed by atoms with Crippen molar-refractivity contribution in [1.82, 2.24) is 9.97 Å². The minimum Gasteiger partial charge on any atom is -0.481 e. The van der Waals surface area contributed by atoms with Gasteiger partial charge in [0, 0.05) is 5.69 Å². The van der Waals surface area contributed by atoms with Crippen molar-refractivity contribution < 1.29 is 9.90 Å². The van der Waals surface area contributed by atoms with Crippen LogP contribution in [0.15, 0.2) is 6.07 Å². The summed E-state index contributed by atoms with van der Waals surface area (Å²) in [6.45, 7) is 7.06. The fraction of sp³-hybridized carbons (Fsp3) is 0.545. The van der Waals surface area contributed by atoms with E-state index in [1.54, 1.807) is 26.8 Å². The van der Waals surface area contributed by atoms with Gasteiger partial charge in [-0.05, 0) is 33.3 Å². The van der Waals surface area contributed by atoms with E-state index in [4.69, 9.17) is 5.11 Å². The summed E-state index contributed by atoms with van der Waals surface area (Å²) in [6, 6.07) is 1.76. The van der Waals surface area contributed by atoms with Crippen molar-refractivity contribution in [3.05, 3.63) is 23.3 Å². The van der Waals surface area contributed by atoms with E-state index in [1.165, 1.54) is 0 Å². The van der Waals surface area contributed by atoms with E-state index < -0.39 is 11.4 Å². The summed E-state index contributed by atoms with van der Waals surface area (Å²) in [6.07, 6.45) is 0.784. The number of nitrogens with zero attached hydrogens (tertiary/aromatic N) is 2. The molecule has 15 heavy (non-hydrogen) atoms. The van der Waals surface area contributed by atoms with Crippen LogP contribution in [0.5, 0.6) is 0 Å². The van der Waals surface area contributed by atoms with Crippen LogP contribution < -0.4 is 0 Å². The average Bonchev–Trinajstić information content (AvgIpc) is 2.16. The van der Waals surface area contributed by atoms with E-state index in [-0.39, 0.29) is 0 Å². The smallest absolute Gasteiger partial charge is 0.315 e. The van der Waals surface area contributed by atoms with Crippen LogP contribution in [0.4, 0.5) is 0 Å². The molecule has 1 heterocycles. The van der Waals surface area contributed by atoms with Crippen LogP contribution in [-0.2, 0) is 16.6 Å². The second kappa shape index (κ2) is 3.96. The Kier molecular flexibility index (Phi) is 3.07. The van der Waals surface area contributed by atoms with Crippen LogP contribution in [0.3, 0.4) is 0 Å². The highest BCUT2D eigenvalue weighted by molar-refractivity contribution is 5.79. The Bertz CT molecular complexity index is 386. The molecular formula is C11H16N2O2. The molecule has 0 aliphatic rings. The molecule has 1 aromatic heterocycles. The van der Waals surface area contributed by atoms with Crippen molar-refractivity contribution in [3.8, 4) is 0 Å². The zero-order valence-electron chi connectivity index (χ0n) is 9.53. The fourth-order valence-corrected chi connectivity index (χ4v) is 1.24. The van der Waals surface area contributed by atoms with Crippen molar-refractivity contribution in [2.45, 2.75) is 39.5 Å². The predicted octanol–water partition coefficient (Wildman–Crippen LogP) is 1.71. The number of carboxylic acids is 1. The monoisotopic (exact) mass is 208 g/mol. The molecule has 1 aromatic rings. The molecule has 4 nitrogen and oxygen atoms in total. The second-order valence-electron chi connectivity index (χ2n) is 4.08. The predicted molar refractivity (Wildman–Crippen MR) is 56.8 cm³/mol. The number of aromatic nitrogens is 2. The molecule has 1 N–H and O–H groups in total. The number of carbonyl (C=O) groups is 1. The third-order valence-corrected chi connectivity index (χ3v) is 2.43. The van der Waals surface area contributed by atoms with Gasteiger partial charge in [-0.15, -0.1) is 0 Å². The molecule has 0 saturated heterocycles. The molecule has 0 aliphatic carbocycles. The Morgan fingerprint density at radius 3 is 2.53 bits per heavy atom. The largest absolute Gasteiger partial charge is 0.481 e. The van der Waals surface area contributed by atoms with E-state index in [0.717, 1.165) is 12.1 Å². The van der Waals surface area contributed by atoms with Crippen molar-refractivity contribution in [2.75, 3.05) is 0 Å². The lowest BCUT2D eigenvalue weighted by molar-refractivity contribution is -0.142. The van der Waals surface area contributed by atoms with Gasteiger partial charge in [-0.25, -0.2) is 9.97 Å². The number of hydrogen-bond acceptors (Lipinski definition) is 3. The van der Waals surface area contributed by atoms with E-state index in [9.17, 15) is 4.79 Å². The lowest BCUT2D eigenvalue weighted by atomic mass is 9.89. The number of carboxylic acid groups (broad SMARTS) is 1. The fourth-order valence-electron chi connectivity index (χ4n) is 1.24. The molecule has 0 atom stereocenters. The Balaban J connectivity index is 3.25. The Morgan fingerprint density at radius 1 is 1.47 bits per heavy atom. The Labute approximate surface area is 89.4 Å². The number of aryl methyl sites for hydroxylation is 2. The van der Waals surface area contributed by atoms with Crippen LogP contribution in [0.25, 0.3) is 0 Å². The molecule has 0 unspecified atom stereocenters. The minimum atomic E-state index is -0.961. The first kappa shape index (κ1) is 11.6. The molecule has 1 rings (SSSR count). The maximum absolute atomic E-state index is 11.1. The normalized spacial score (nSPS) is 11.5. The quantitative estimate of drug-likeness (QED) is 0.821. The van der Waals surface area contributed by atoms with Gasteiger partial charge < -0.3 is 5.11 Å². The SMILES string of the molecule is CCc1cc(C(C)(C)C(=O)O)nc(C)n1. The summed E-state index contributed by atoms with van der Waals surface area (Å²) in [5.74, 6) is -0.249. The van der Waals surface area contributed by atoms with Crippen molar-refractivity contribution in [1.29, 1.82) is 0 Å². The van der Waals surface area contributed by atoms with Crippen LogP contribution in [-0.4, -0.2) is 21.0 Å². The van der Waals surface area contributed by atoms with Crippen molar-refractivity contribution in [2.24, 2.45) is 0 Å². The molecule has 82 valence electrons. The molecule has 0 radical (unpaired) electrons. The number of hydrogen-bond donors (Lipinski definition) is 1. The average molecular weight is 208 g/mol. The van der Waals surface area contributed by atoms with Gasteiger partial charge in [-0.3, -0.25) is 4.79 Å². The van der Waals surface area contributed by atoms with Gasteiger partial charge in [0.25, 0.3) is 0 Å². The third-order valence-electron chi connectivity index (χ3n) is 2.43. The van der Waals surface area contributed by atoms with Crippen LogP contribution in [0.1, 0.15) is 38.0 Å². The zero-order valence-corrected chi connectivity index (χ0v) is 9.53. The highest BCUT2D eigenvalue weighted by Crippen LogP contribution is 2.22. The summed E-state index contributed by atoms with van der Waals surface area (Å²) in [4.78, 5) is 19.5. The summed E-state index contributed by atoms with van der Waals surface area (Å²) >= 11 is 0. The van der Waals surface area contributed by atoms with Crippen LogP contribution in [0.2, 0.25) is 0 Å². The van der Waals surface area contributed by atoms with Gasteiger partial charge in [0.1, 0.15) is 11.2 Å². The topological polar surface area (TPSA) is 63.1 Å². The summed E-state index contributed by atoms with van der Waals surface area (Å²) in [7, 11) is 0. The van der Waals surface area contributed by atoms with Crippen molar-refractivity contribution >= 4 is 5.97 Å². The molecule has 4 heteroatoms. The van der Waals surface area contributed by atoms with Gasteiger partial charge in [0.2, 0.25) is 0 Å². The van der Waals surface area contributed by atoms with E-state index in [1.807, 2.05) is 6.92 Å². The second-order valence-corrected chi connectivity index (χ2v) is 4.08. The van der Waals surface area contributed by atoms with E-state index in [0.29, 0.717) is 11.5 Å². The van der Waals surface area contributed by atoms with E-state index >= 15 is 0 Å². The molecule has 0 saturated carbocycles. The highest BCUT2D eigenvalue weighted by Gasteiger charge is 2.31. The molecule has 0 amide bonds. The third kappa shape index (κ3) is 2.32. The van der Waals surface area contributed by atoms with E-state index in [2.05, 4.69) is 9.97 Å². The summed E-state index contributed by atoms with van der Waals surface area (Å²) in [5.41, 5.74) is 0.489. The van der Waals surface area contributed by atoms with Gasteiger partial charge in [0.15, 0.2) is 0 Å². The Hall–Kier alpha value is -1.45. The molecule has 0 aliphatic heterocycles.